The molecule has 2 N–H and O–H groups in total. The van der Waals surface area contributed by atoms with Crippen LogP contribution in [0.1, 0.15) is 48.4 Å². The number of carbonyl (C=O) groups excluding carboxylic acids is 1. The standard InChI is InChI=1S/C28H34N2O6S/c1-5-35-28(31)14-25(22-13-24(34-4)16-29-15-22)21-11-10-19(2)23(12-21)18-30-17-20(3)36-26-8-6-7-9-27(26)37(30,32)33/h6-13,15-16,20,25,32-33H,5,14,17-18H2,1-4H3/t20-,25?/m1/s1. The molecule has 37 heavy (non-hydrogen) atoms. The van der Waals surface area contributed by atoms with Gasteiger partial charge in [-0.15, -0.1) is 10.8 Å². The Morgan fingerprint density at radius 1 is 1.19 bits per heavy atom. The van der Waals surface area contributed by atoms with Crippen LogP contribution in [0.2, 0.25) is 0 Å². The summed E-state index contributed by atoms with van der Waals surface area (Å²) in [6.07, 6.45) is 3.25. The number of pyridine rings is 1. The van der Waals surface area contributed by atoms with Gasteiger partial charge >= 0.3 is 5.97 Å². The van der Waals surface area contributed by atoms with Crippen LogP contribution < -0.4 is 9.47 Å². The van der Waals surface area contributed by atoms with E-state index in [4.69, 9.17) is 14.2 Å². The minimum Gasteiger partial charge on any atom is -0.495 e. The van der Waals surface area contributed by atoms with Crippen molar-refractivity contribution in [2.24, 2.45) is 0 Å². The number of rotatable bonds is 8. The largest absolute Gasteiger partial charge is 0.495 e. The number of esters is 1. The zero-order chi connectivity index (χ0) is 26.6. The molecule has 0 saturated heterocycles. The smallest absolute Gasteiger partial charge is 0.306 e. The van der Waals surface area contributed by atoms with Crippen LogP contribution in [0.4, 0.5) is 0 Å². The Kier molecular flexibility index (Phi) is 8.39. The zero-order valence-corrected chi connectivity index (χ0v) is 22.4. The quantitative estimate of drug-likeness (QED) is 0.356. The maximum absolute atomic E-state index is 12.5. The maximum Gasteiger partial charge on any atom is 0.306 e. The van der Waals surface area contributed by atoms with Crippen LogP contribution >= 0.6 is 10.8 Å². The topological polar surface area (TPSA) is 101 Å². The van der Waals surface area contributed by atoms with E-state index in [0.717, 1.165) is 22.3 Å². The molecule has 198 valence electrons. The number of benzene rings is 2. The first-order chi connectivity index (χ1) is 17.7. The molecule has 0 spiro atoms. The van der Waals surface area contributed by atoms with Crippen molar-refractivity contribution in [1.29, 1.82) is 0 Å². The molecule has 9 heteroatoms. The number of aromatic nitrogens is 1. The molecule has 2 aromatic carbocycles. The van der Waals surface area contributed by atoms with Crippen LogP contribution in [0.5, 0.6) is 11.5 Å². The normalized spacial score (nSPS) is 18.6. The lowest BCUT2D eigenvalue weighted by Gasteiger charge is -2.42. The molecule has 1 aliphatic heterocycles. The number of hydrogen-bond donors (Lipinski definition) is 2. The SMILES string of the molecule is CCOC(=O)CC(c1cncc(OC)c1)c1ccc(C)c(CN2C[C@@H](C)Oc3ccccc3S2(O)O)c1. The van der Waals surface area contributed by atoms with Crippen LogP contribution in [0.25, 0.3) is 0 Å². The van der Waals surface area contributed by atoms with Crippen molar-refractivity contribution in [2.75, 3.05) is 20.3 Å². The average molecular weight is 527 g/mol. The van der Waals surface area contributed by atoms with Gasteiger partial charge in [0, 0.05) is 18.7 Å². The summed E-state index contributed by atoms with van der Waals surface area (Å²) in [7, 11) is -1.70. The third-order valence-electron chi connectivity index (χ3n) is 6.46. The Hall–Kier alpha value is -3.11. The van der Waals surface area contributed by atoms with Gasteiger partial charge in [-0.05, 0) is 61.2 Å². The van der Waals surface area contributed by atoms with Crippen LogP contribution in [0, 0.1) is 6.92 Å². The molecule has 4 rings (SSSR count). The van der Waals surface area contributed by atoms with E-state index in [1.54, 1.807) is 48.9 Å². The van der Waals surface area contributed by atoms with Gasteiger partial charge in [-0.3, -0.25) is 18.9 Å². The molecule has 0 aliphatic carbocycles. The Morgan fingerprint density at radius 3 is 2.73 bits per heavy atom. The van der Waals surface area contributed by atoms with Gasteiger partial charge in [-0.25, -0.2) is 0 Å². The fourth-order valence-electron chi connectivity index (χ4n) is 4.53. The predicted molar refractivity (Wildman–Crippen MR) is 143 cm³/mol. The molecular weight excluding hydrogens is 492 g/mol. The molecule has 0 saturated carbocycles. The van der Waals surface area contributed by atoms with E-state index in [-0.39, 0.29) is 24.4 Å². The Labute approximate surface area is 219 Å². The minimum absolute atomic E-state index is 0.141. The van der Waals surface area contributed by atoms with Crippen LogP contribution in [0.15, 0.2) is 65.8 Å². The summed E-state index contributed by atoms with van der Waals surface area (Å²) in [6, 6.07) is 14.9. The zero-order valence-electron chi connectivity index (χ0n) is 21.6. The van der Waals surface area contributed by atoms with E-state index in [1.165, 1.54) is 0 Å². The number of ether oxygens (including phenoxy) is 3. The number of methoxy groups -OCH3 is 1. The molecule has 1 aromatic heterocycles. The van der Waals surface area contributed by atoms with Crippen LogP contribution in [-0.4, -0.2) is 50.7 Å². The van der Waals surface area contributed by atoms with Crippen molar-refractivity contribution in [3.63, 3.8) is 0 Å². The van der Waals surface area contributed by atoms with Crippen molar-refractivity contribution in [3.05, 3.63) is 83.2 Å². The molecule has 2 atom stereocenters. The summed E-state index contributed by atoms with van der Waals surface area (Å²) in [4.78, 5) is 17.2. The van der Waals surface area contributed by atoms with E-state index < -0.39 is 10.8 Å². The number of aryl methyl sites for hydroxylation is 1. The number of hydrogen-bond acceptors (Lipinski definition) is 8. The van der Waals surface area contributed by atoms with Gasteiger partial charge in [0.1, 0.15) is 22.5 Å². The van der Waals surface area contributed by atoms with Gasteiger partial charge < -0.3 is 14.2 Å². The van der Waals surface area contributed by atoms with Gasteiger partial charge in [0.25, 0.3) is 0 Å². The van der Waals surface area contributed by atoms with E-state index in [9.17, 15) is 13.9 Å². The monoisotopic (exact) mass is 526 g/mol. The van der Waals surface area contributed by atoms with Crippen molar-refractivity contribution >= 4 is 16.7 Å². The van der Waals surface area contributed by atoms with Crippen LogP contribution in [0.3, 0.4) is 0 Å². The molecule has 1 unspecified atom stereocenters. The first kappa shape index (κ1) is 26.9. The van der Waals surface area contributed by atoms with Crippen molar-refractivity contribution < 1.29 is 28.1 Å². The third kappa shape index (κ3) is 6.07. The molecule has 8 nitrogen and oxygen atoms in total. The molecular formula is C28H34N2O6S. The predicted octanol–water partition coefficient (Wildman–Crippen LogP) is 5.79. The maximum atomic E-state index is 12.5. The van der Waals surface area contributed by atoms with E-state index >= 15 is 0 Å². The van der Waals surface area contributed by atoms with E-state index in [1.807, 2.05) is 44.2 Å². The molecule has 2 heterocycles. The van der Waals surface area contributed by atoms with Gasteiger partial charge in [-0.2, -0.15) is 4.31 Å². The second-order valence-corrected chi connectivity index (χ2v) is 11.1. The van der Waals surface area contributed by atoms with E-state index in [2.05, 4.69) is 4.98 Å². The summed E-state index contributed by atoms with van der Waals surface area (Å²) < 4.78 is 40.9. The minimum atomic E-state index is -3.28. The van der Waals surface area contributed by atoms with Gasteiger partial charge in [0.2, 0.25) is 0 Å². The highest BCUT2D eigenvalue weighted by Gasteiger charge is 2.34. The van der Waals surface area contributed by atoms with Crippen LogP contribution in [-0.2, 0) is 16.1 Å². The lowest BCUT2D eigenvalue weighted by atomic mass is 9.87. The van der Waals surface area contributed by atoms with Crippen molar-refractivity contribution in [1.82, 2.24) is 9.29 Å². The number of fused-ring (bicyclic) bond motifs is 1. The lowest BCUT2D eigenvalue weighted by molar-refractivity contribution is -0.143. The molecule has 0 fully saturated rings. The summed E-state index contributed by atoms with van der Waals surface area (Å²) >= 11 is 0. The number of para-hydroxylation sites is 1. The number of nitrogens with zero attached hydrogens (tertiary/aromatic N) is 2. The highest BCUT2D eigenvalue weighted by Crippen LogP contribution is 2.57. The number of carbonyl (C=O) groups is 1. The fourth-order valence-corrected chi connectivity index (χ4v) is 6.20. The summed E-state index contributed by atoms with van der Waals surface area (Å²) in [5, 5.41) is 0. The molecule has 1 aliphatic rings. The summed E-state index contributed by atoms with van der Waals surface area (Å²) in [5.74, 6) is 0.475. The average Bonchev–Trinajstić information content (AvgIpc) is 2.97. The highest BCUT2D eigenvalue weighted by molar-refractivity contribution is 8.22. The lowest BCUT2D eigenvalue weighted by Crippen LogP contribution is -2.33. The first-order valence-corrected chi connectivity index (χ1v) is 13.8. The Morgan fingerprint density at radius 2 is 1.97 bits per heavy atom. The van der Waals surface area contributed by atoms with Gasteiger partial charge in [0.15, 0.2) is 0 Å². The molecule has 0 bridgehead atoms. The van der Waals surface area contributed by atoms with Gasteiger partial charge in [-0.1, -0.05) is 30.3 Å². The molecule has 3 aromatic rings. The van der Waals surface area contributed by atoms with Crippen molar-refractivity contribution in [3.8, 4) is 11.5 Å². The second kappa shape index (κ2) is 11.5. The van der Waals surface area contributed by atoms with E-state index in [0.29, 0.717) is 36.1 Å². The molecule has 0 radical (unpaired) electrons. The third-order valence-corrected chi connectivity index (χ3v) is 8.39. The second-order valence-electron chi connectivity index (χ2n) is 9.12. The fraction of sp³-hybridized carbons (Fsp3) is 0.357. The Balaban J connectivity index is 1.71. The summed E-state index contributed by atoms with van der Waals surface area (Å²) in [6.45, 7) is 6.63. The van der Waals surface area contributed by atoms with Gasteiger partial charge in [0.05, 0.1) is 32.9 Å². The molecule has 0 amide bonds. The summed E-state index contributed by atoms with van der Waals surface area (Å²) in [5.41, 5.74) is 3.66. The van der Waals surface area contributed by atoms with Crippen molar-refractivity contribution in [2.45, 2.75) is 50.7 Å². The highest BCUT2D eigenvalue weighted by atomic mass is 32.3. The first-order valence-electron chi connectivity index (χ1n) is 12.3. The Bertz CT molecular complexity index is 1250.